The van der Waals surface area contributed by atoms with Crippen LogP contribution >= 0.6 is 12.4 Å². The van der Waals surface area contributed by atoms with Crippen LogP contribution in [-0.4, -0.2) is 26.3 Å². The van der Waals surface area contributed by atoms with Crippen molar-refractivity contribution in [3.8, 4) is 0 Å². The molecule has 1 aliphatic rings. The van der Waals surface area contributed by atoms with Gasteiger partial charge in [-0.25, -0.2) is 0 Å². The Morgan fingerprint density at radius 1 is 1.05 bits per heavy atom. The van der Waals surface area contributed by atoms with Gasteiger partial charge >= 0.3 is 0 Å². The molecule has 0 bridgehead atoms. The van der Waals surface area contributed by atoms with E-state index in [0.717, 1.165) is 31.9 Å². The number of nitrogens with two attached hydrogens (primary N) is 1. The lowest BCUT2D eigenvalue weighted by molar-refractivity contribution is 0.122. The molecule has 1 heterocycles. The van der Waals surface area contributed by atoms with Crippen molar-refractivity contribution in [2.45, 2.75) is 13.0 Å². The van der Waals surface area contributed by atoms with Crippen molar-refractivity contribution < 1.29 is 4.74 Å². The second-order valence-electron chi connectivity index (χ2n) is 5.55. The average Bonchev–Trinajstić information content (AvgIpc) is 2.56. The standard InChI is InChI=1S/C18H22N2O.ClH/c1-14-7-8-16(18(19)15-5-3-2-4-6-15)17(13-14)20-9-11-21-12-10-20;/h2-8,13,18H,9-12,19H2,1H3;1H. The summed E-state index contributed by atoms with van der Waals surface area (Å²) in [5, 5.41) is 0. The van der Waals surface area contributed by atoms with Crippen LogP contribution in [0.4, 0.5) is 5.69 Å². The van der Waals surface area contributed by atoms with Crippen molar-refractivity contribution in [3.05, 3.63) is 65.2 Å². The molecule has 2 aromatic carbocycles. The van der Waals surface area contributed by atoms with Crippen LogP contribution in [0.3, 0.4) is 0 Å². The van der Waals surface area contributed by atoms with E-state index in [0.29, 0.717) is 0 Å². The summed E-state index contributed by atoms with van der Waals surface area (Å²) in [5.74, 6) is 0. The molecule has 3 rings (SSSR count). The van der Waals surface area contributed by atoms with Crippen LogP contribution in [0.25, 0.3) is 0 Å². The first-order chi connectivity index (χ1) is 10.3. The number of benzene rings is 2. The Morgan fingerprint density at radius 3 is 2.41 bits per heavy atom. The van der Waals surface area contributed by atoms with Gasteiger partial charge in [-0.2, -0.15) is 0 Å². The third-order valence-corrected chi connectivity index (χ3v) is 4.03. The van der Waals surface area contributed by atoms with Crippen LogP contribution in [0.5, 0.6) is 0 Å². The summed E-state index contributed by atoms with van der Waals surface area (Å²) in [5.41, 5.74) is 11.4. The Labute approximate surface area is 138 Å². The Bertz CT molecular complexity index is 597. The topological polar surface area (TPSA) is 38.5 Å². The molecule has 1 unspecified atom stereocenters. The summed E-state index contributed by atoms with van der Waals surface area (Å²) >= 11 is 0. The van der Waals surface area contributed by atoms with Crippen LogP contribution < -0.4 is 10.6 Å². The van der Waals surface area contributed by atoms with Crippen LogP contribution in [0.15, 0.2) is 48.5 Å². The lowest BCUT2D eigenvalue weighted by Gasteiger charge is -2.32. The second kappa shape index (κ2) is 7.63. The number of halogens is 1. The van der Waals surface area contributed by atoms with Gasteiger partial charge in [-0.15, -0.1) is 12.4 Å². The van der Waals surface area contributed by atoms with Gasteiger partial charge in [0, 0.05) is 18.8 Å². The highest BCUT2D eigenvalue weighted by atomic mass is 35.5. The zero-order chi connectivity index (χ0) is 14.7. The largest absolute Gasteiger partial charge is 0.378 e. The number of ether oxygens (including phenoxy) is 1. The molecule has 0 amide bonds. The first kappa shape index (κ1) is 16.8. The number of hydrogen-bond donors (Lipinski definition) is 1. The molecular formula is C18H23ClN2O. The van der Waals surface area contributed by atoms with E-state index in [9.17, 15) is 0 Å². The Balaban J connectivity index is 0.00000176. The fourth-order valence-corrected chi connectivity index (χ4v) is 2.83. The van der Waals surface area contributed by atoms with Crippen molar-refractivity contribution in [3.63, 3.8) is 0 Å². The molecule has 0 spiro atoms. The molecule has 2 N–H and O–H groups in total. The van der Waals surface area contributed by atoms with Crippen molar-refractivity contribution in [2.75, 3.05) is 31.2 Å². The summed E-state index contributed by atoms with van der Waals surface area (Å²) < 4.78 is 5.46. The van der Waals surface area contributed by atoms with E-state index in [-0.39, 0.29) is 18.4 Å². The van der Waals surface area contributed by atoms with Gasteiger partial charge in [0.25, 0.3) is 0 Å². The van der Waals surface area contributed by atoms with Gasteiger partial charge in [-0.05, 0) is 29.7 Å². The smallest absolute Gasteiger partial charge is 0.0642 e. The monoisotopic (exact) mass is 318 g/mol. The average molecular weight is 319 g/mol. The second-order valence-corrected chi connectivity index (χ2v) is 5.55. The highest BCUT2D eigenvalue weighted by Gasteiger charge is 2.19. The third kappa shape index (κ3) is 3.61. The zero-order valence-corrected chi connectivity index (χ0v) is 13.7. The van der Waals surface area contributed by atoms with Crippen LogP contribution in [-0.2, 0) is 4.74 Å². The summed E-state index contributed by atoms with van der Waals surface area (Å²) in [6, 6.07) is 16.7. The fraction of sp³-hybridized carbons (Fsp3) is 0.333. The number of aryl methyl sites for hydroxylation is 1. The van der Waals surface area contributed by atoms with Gasteiger partial charge in [-0.3, -0.25) is 0 Å². The van der Waals surface area contributed by atoms with Gasteiger partial charge in [-0.1, -0.05) is 42.5 Å². The van der Waals surface area contributed by atoms with E-state index in [1.54, 1.807) is 0 Å². The minimum atomic E-state index is -0.0929. The molecule has 4 heteroatoms. The molecule has 1 saturated heterocycles. The molecule has 1 atom stereocenters. The van der Waals surface area contributed by atoms with Gasteiger partial charge in [0.1, 0.15) is 0 Å². The molecule has 0 saturated carbocycles. The molecule has 22 heavy (non-hydrogen) atoms. The van der Waals surface area contributed by atoms with Crippen molar-refractivity contribution in [1.82, 2.24) is 0 Å². The van der Waals surface area contributed by atoms with Gasteiger partial charge in [0.05, 0.1) is 19.3 Å². The van der Waals surface area contributed by atoms with E-state index >= 15 is 0 Å². The molecule has 3 nitrogen and oxygen atoms in total. The molecule has 2 aromatic rings. The van der Waals surface area contributed by atoms with Crippen LogP contribution in [0.1, 0.15) is 22.7 Å². The summed E-state index contributed by atoms with van der Waals surface area (Å²) in [4.78, 5) is 2.38. The predicted octanol–water partition coefficient (Wildman–Crippen LogP) is 3.30. The van der Waals surface area contributed by atoms with Gasteiger partial charge in [0.2, 0.25) is 0 Å². The van der Waals surface area contributed by atoms with Crippen LogP contribution in [0.2, 0.25) is 0 Å². The molecule has 1 aliphatic heterocycles. The zero-order valence-electron chi connectivity index (χ0n) is 12.9. The van der Waals surface area contributed by atoms with E-state index in [1.165, 1.54) is 16.8 Å². The number of nitrogens with zero attached hydrogens (tertiary/aromatic N) is 1. The van der Waals surface area contributed by atoms with E-state index in [4.69, 9.17) is 10.5 Å². The van der Waals surface area contributed by atoms with Gasteiger partial charge < -0.3 is 15.4 Å². The molecule has 0 aliphatic carbocycles. The third-order valence-electron chi connectivity index (χ3n) is 4.03. The van der Waals surface area contributed by atoms with Crippen LogP contribution in [0, 0.1) is 6.92 Å². The maximum Gasteiger partial charge on any atom is 0.0642 e. The summed E-state index contributed by atoms with van der Waals surface area (Å²) in [7, 11) is 0. The minimum absolute atomic E-state index is 0. The van der Waals surface area contributed by atoms with Gasteiger partial charge in [0.15, 0.2) is 0 Å². The van der Waals surface area contributed by atoms with Crippen molar-refractivity contribution in [2.24, 2.45) is 5.73 Å². The number of rotatable bonds is 3. The lowest BCUT2D eigenvalue weighted by Crippen LogP contribution is -2.37. The van der Waals surface area contributed by atoms with E-state index in [1.807, 2.05) is 18.2 Å². The maximum absolute atomic E-state index is 6.52. The first-order valence-corrected chi connectivity index (χ1v) is 7.49. The number of morpholine rings is 1. The summed E-state index contributed by atoms with van der Waals surface area (Å²) in [6.45, 7) is 5.56. The quantitative estimate of drug-likeness (QED) is 0.943. The molecular weight excluding hydrogens is 296 g/mol. The molecule has 0 radical (unpaired) electrons. The number of anilines is 1. The normalized spacial score (nSPS) is 16.0. The highest BCUT2D eigenvalue weighted by Crippen LogP contribution is 2.30. The molecule has 118 valence electrons. The van der Waals surface area contributed by atoms with Crippen molar-refractivity contribution in [1.29, 1.82) is 0 Å². The molecule has 1 fully saturated rings. The maximum atomic E-state index is 6.52. The fourth-order valence-electron chi connectivity index (χ4n) is 2.83. The minimum Gasteiger partial charge on any atom is -0.378 e. The highest BCUT2D eigenvalue weighted by molar-refractivity contribution is 5.85. The number of hydrogen-bond acceptors (Lipinski definition) is 3. The predicted molar refractivity (Wildman–Crippen MR) is 93.9 cm³/mol. The van der Waals surface area contributed by atoms with E-state index in [2.05, 4.69) is 42.2 Å². The molecule has 0 aromatic heterocycles. The SMILES string of the molecule is Cc1ccc(C(N)c2ccccc2)c(N2CCOCC2)c1.Cl. The Morgan fingerprint density at radius 2 is 1.73 bits per heavy atom. The Kier molecular flexibility index (Phi) is 5.83. The lowest BCUT2D eigenvalue weighted by atomic mass is 9.96. The first-order valence-electron chi connectivity index (χ1n) is 7.49. The van der Waals surface area contributed by atoms with Crippen molar-refractivity contribution >= 4 is 18.1 Å². The van der Waals surface area contributed by atoms with E-state index < -0.39 is 0 Å². The summed E-state index contributed by atoms with van der Waals surface area (Å²) in [6.07, 6.45) is 0. The Hall–Kier alpha value is -1.55.